The topological polar surface area (TPSA) is 140 Å². The smallest absolute Gasteiger partial charge is 0.186 e. The van der Waals surface area contributed by atoms with Crippen LogP contribution < -0.4 is 0 Å². The third-order valence-corrected chi connectivity index (χ3v) is 12.4. The van der Waals surface area contributed by atoms with Crippen molar-refractivity contribution in [1.82, 2.24) is 0 Å². The fourth-order valence-electron chi connectivity index (χ4n) is 10.2. The predicted molar refractivity (Wildman–Crippen MR) is 154 cm³/mol. The second-order valence-electron chi connectivity index (χ2n) is 15.4. The Kier molecular flexibility index (Phi) is 9.11. The van der Waals surface area contributed by atoms with Crippen molar-refractivity contribution < 1.29 is 40.1 Å². The van der Waals surface area contributed by atoms with Crippen LogP contribution in [0, 0.1) is 46.3 Å². The van der Waals surface area contributed by atoms with E-state index in [2.05, 4.69) is 40.7 Å². The Morgan fingerprint density at radius 3 is 2.41 bits per heavy atom. The van der Waals surface area contributed by atoms with Crippen LogP contribution in [0.25, 0.3) is 0 Å². The molecular formula is C33H56O8. The van der Waals surface area contributed by atoms with E-state index in [-0.39, 0.29) is 52.6 Å². The molecule has 0 aromatic heterocycles. The first-order valence-electron chi connectivity index (χ1n) is 16.3. The van der Waals surface area contributed by atoms with Crippen molar-refractivity contribution in [3.05, 3.63) is 11.6 Å². The van der Waals surface area contributed by atoms with E-state index in [4.69, 9.17) is 9.47 Å². The van der Waals surface area contributed by atoms with Gasteiger partial charge in [0.25, 0.3) is 0 Å². The molecule has 5 unspecified atom stereocenters. The maximum absolute atomic E-state index is 11.9. The lowest BCUT2D eigenvalue weighted by atomic mass is 9.46. The predicted octanol–water partition coefficient (Wildman–Crippen LogP) is 3.15. The van der Waals surface area contributed by atoms with Gasteiger partial charge in [0.1, 0.15) is 18.3 Å². The molecule has 236 valence electrons. The van der Waals surface area contributed by atoms with E-state index in [9.17, 15) is 30.6 Å². The minimum atomic E-state index is -1.38. The molecule has 0 aromatic carbocycles. The zero-order valence-corrected chi connectivity index (χ0v) is 25.9. The standard InChI is InChI=1S/C33H56O8/c1-16(2)7-10-23(35)17(3)26-25(41-31-30(39)29(38)28(37)18(4)40-31)14-22-21-9-8-19-13-20(34)11-12-32(19,5)27(21)24(36)15-33(22,26)6/h8,16-18,20-31,34-39H,7,9-15H2,1-6H3/t17-,18?,20+,21+,22+,23+,24+,25+,26+,27-,28?,29?,30?,31?,32+,33+/m1/s1. The van der Waals surface area contributed by atoms with Gasteiger partial charge in [-0.3, -0.25) is 0 Å². The van der Waals surface area contributed by atoms with Crippen molar-refractivity contribution in [2.24, 2.45) is 46.3 Å². The van der Waals surface area contributed by atoms with Crippen LogP contribution in [-0.2, 0) is 9.47 Å². The van der Waals surface area contributed by atoms with Gasteiger partial charge in [0, 0.05) is 0 Å². The molecule has 8 heteroatoms. The van der Waals surface area contributed by atoms with E-state index in [1.165, 1.54) is 5.57 Å². The molecule has 4 fully saturated rings. The maximum atomic E-state index is 11.9. The number of hydrogen-bond acceptors (Lipinski definition) is 8. The zero-order valence-electron chi connectivity index (χ0n) is 25.9. The van der Waals surface area contributed by atoms with E-state index in [1.807, 2.05) is 0 Å². The van der Waals surface area contributed by atoms with Crippen LogP contribution in [0.2, 0.25) is 0 Å². The first-order chi connectivity index (χ1) is 19.2. The largest absolute Gasteiger partial charge is 0.393 e. The lowest BCUT2D eigenvalue weighted by Gasteiger charge is -2.60. The van der Waals surface area contributed by atoms with Gasteiger partial charge in [0.05, 0.1) is 30.5 Å². The van der Waals surface area contributed by atoms with Crippen LogP contribution in [0.5, 0.6) is 0 Å². The molecule has 8 nitrogen and oxygen atoms in total. The van der Waals surface area contributed by atoms with E-state index >= 15 is 0 Å². The normalized spacial score (nSPS) is 51.4. The highest BCUT2D eigenvalue weighted by molar-refractivity contribution is 5.27. The number of fused-ring (bicyclic) bond motifs is 5. The van der Waals surface area contributed by atoms with Crippen LogP contribution >= 0.6 is 0 Å². The third kappa shape index (κ3) is 5.47. The molecule has 1 aliphatic heterocycles. The summed E-state index contributed by atoms with van der Waals surface area (Å²) in [6.07, 6.45) is 1.01. The Morgan fingerprint density at radius 1 is 1.02 bits per heavy atom. The Balaban J connectivity index is 1.47. The molecule has 1 saturated heterocycles. The van der Waals surface area contributed by atoms with Gasteiger partial charge < -0.3 is 40.1 Å². The molecule has 0 aromatic rings. The third-order valence-electron chi connectivity index (χ3n) is 12.4. The van der Waals surface area contributed by atoms with Crippen molar-refractivity contribution in [2.45, 2.75) is 148 Å². The second-order valence-corrected chi connectivity index (χ2v) is 15.4. The lowest BCUT2D eigenvalue weighted by molar-refractivity contribution is -0.309. The molecule has 5 aliphatic rings. The van der Waals surface area contributed by atoms with Crippen LogP contribution in [0.15, 0.2) is 11.6 Å². The van der Waals surface area contributed by atoms with Crippen molar-refractivity contribution in [2.75, 3.05) is 0 Å². The summed E-state index contributed by atoms with van der Waals surface area (Å²) < 4.78 is 12.5. The number of rotatable bonds is 7. The molecule has 3 saturated carbocycles. The second kappa shape index (κ2) is 11.7. The van der Waals surface area contributed by atoms with Crippen molar-refractivity contribution >= 4 is 0 Å². The Bertz CT molecular complexity index is 956. The van der Waals surface area contributed by atoms with Gasteiger partial charge in [0.2, 0.25) is 0 Å². The van der Waals surface area contributed by atoms with Crippen LogP contribution in [0.1, 0.15) is 92.9 Å². The highest BCUT2D eigenvalue weighted by atomic mass is 16.7. The monoisotopic (exact) mass is 580 g/mol. The minimum Gasteiger partial charge on any atom is -0.393 e. The Hall–Kier alpha value is -0.580. The highest BCUT2D eigenvalue weighted by Crippen LogP contribution is 2.68. The molecule has 0 bridgehead atoms. The summed E-state index contributed by atoms with van der Waals surface area (Å²) in [6.45, 7) is 12.6. The molecule has 1 heterocycles. The molecule has 16 atom stereocenters. The molecule has 5 rings (SSSR count). The Morgan fingerprint density at radius 2 is 1.73 bits per heavy atom. The summed E-state index contributed by atoms with van der Waals surface area (Å²) in [6, 6.07) is 0. The van der Waals surface area contributed by atoms with E-state index < -0.39 is 42.9 Å². The molecular weight excluding hydrogens is 524 g/mol. The number of aliphatic hydroxyl groups excluding tert-OH is 6. The fraction of sp³-hybridized carbons (Fsp3) is 0.939. The summed E-state index contributed by atoms with van der Waals surface area (Å²) in [5.74, 6) is 0.856. The van der Waals surface area contributed by atoms with Gasteiger partial charge in [0.15, 0.2) is 6.29 Å². The molecule has 6 N–H and O–H groups in total. The van der Waals surface area contributed by atoms with Crippen molar-refractivity contribution in [3.8, 4) is 0 Å². The van der Waals surface area contributed by atoms with Crippen LogP contribution in [0.3, 0.4) is 0 Å². The first kappa shape index (κ1) is 31.8. The van der Waals surface area contributed by atoms with Crippen molar-refractivity contribution in [1.29, 1.82) is 0 Å². The van der Waals surface area contributed by atoms with Gasteiger partial charge in [-0.2, -0.15) is 0 Å². The average molecular weight is 581 g/mol. The van der Waals surface area contributed by atoms with Crippen LogP contribution in [0.4, 0.5) is 0 Å². The zero-order chi connectivity index (χ0) is 30.0. The molecule has 0 spiro atoms. The molecule has 41 heavy (non-hydrogen) atoms. The summed E-state index contributed by atoms with van der Waals surface area (Å²) in [7, 11) is 0. The average Bonchev–Trinajstić information content (AvgIpc) is 3.19. The number of allylic oxidation sites excluding steroid dienone is 1. The van der Waals surface area contributed by atoms with E-state index in [0.29, 0.717) is 25.2 Å². The number of hydrogen-bond donors (Lipinski definition) is 6. The minimum absolute atomic E-state index is 0.0910. The van der Waals surface area contributed by atoms with Gasteiger partial charge in [-0.25, -0.2) is 0 Å². The van der Waals surface area contributed by atoms with Crippen molar-refractivity contribution in [3.63, 3.8) is 0 Å². The summed E-state index contributed by atoms with van der Waals surface area (Å²) in [5, 5.41) is 65.3. The summed E-state index contributed by atoms with van der Waals surface area (Å²) >= 11 is 0. The molecule has 4 aliphatic carbocycles. The first-order valence-corrected chi connectivity index (χ1v) is 16.3. The van der Waals surface area contributed by atoms with Gasteiger partial charge in [-0.1, -0.05) is 46.3 Å². The highest BCUT2D eigenvalue weighted by Gasteiger charge is 2.65. The number of aliphatic hydroxyl groups is 6. The lowest BCUT2D eigenvalue weighted by Crippen LogP contribution is -2.58. The Labute approximate surface area is 246 Å². The van der Waals surface area contributed by atoms with E-state index in [0.717, 1.165) is 32.1 Å². The van der Waals surface area contributed by atoms with Gasteiger partial charge in [-0.05, 0) is 105 Å². The fourth-order valence-corrected chi connectivity index (χ4v) is 10.2. The molecule has 0 radical (unpaired) electrons. The van der Waals surface area contributed by atoms with E-state index in [1.54, 1.807) is 6.92 Å². The number of ether oxygens (including phenoxy) is 2. The quantitative estimate of drug-likeness (QED) is 0.253. The molecule has 0 amide bonds. The van der Waals surface area contributed by atoms with Crippen LogP contribution in [-0.4, -0.2) is 85.8 Å². The summed E-state index contributed by atoms with van der Waals surface area (Å²) in [4.78, 5) is 0. The van der Waals surface area contributed by atoms with Gasteiger partial charge in [-0.15, -0.1) is 0 Å². The maximum Gasteiger partial charge on any atom is 0.186 e. The van der Waals surface area contributed by atoms with Gasteiger partial charge >= 0.3 is 0 Å². The summed E-state index contributed by atoms with van der Waals surface area (Å²) in [5.41, 5.74) is 0.848. The SMILES string of the molecule is CC(C)CC[C@H](O)[C@@H](C)[C@H]1[C@@H](OC2OC(C)C(O)C(O)C2O)C[C@H]2[C@@H]3CC=C4C[C@@H](O)CC[C@]4(C)[C@H]3[C@@H](O)C[C@]12C.